The first-order chi connectivity index (χ1) is 6.95. The van der Waals surface area contributed by atoms with Crippen molar-refractivity contribution in [3.63, 3.8) is 0 Å². The Bertz CT molecular complexity index is 149. The van der Waals surface area contributed by atoms with Gasteiger partial charge in [-0.05, 0) is 45.2 Å². The van der Waals surface area contributed by atoms with Gasteiger partial charge >= 0.3 is 0 Å². The van der Waals surface area contributed by atoms with E-state index in [9.17, 15) is 0 Å². The molecule has 14 heavy (non-hydrogen) atoms. The second-order valence-corrected chi connectivity index (χ2v) is 4.52. The zero-order valence-electron chi connectivity index (χ0n) is 8.93. The zero-order valence-corrected chi connectivity index (χ0v) is 8.93. The Morgan fingerprint density at radius 3 is 2.64 bits per heavy atom. The van der Waals surface area contributed by atoms with Crippen molar-refractivity contribution in [1.82, 2.24) is 10.8 Å². The lowest BCUT2D eigenvalue weighted by molar-refractivity contribution is -0.0419. The molecular weight excluding hydrogens is 176 g/mol. The van der Waals surface area contributed by atoms with E-state index in [1.807, 2.05) is 0 Å². The second kappa shape index (κ2) is 5.69. The van der Waals surface area contributed by atoms with E-state index in [4.69, 9.17) is 4.84 Å². The normalized spacial score (nSPS) is 30.4. The summed E-state index contributed by atoms with van der Waals surface area (Å²) in [6, 6.07) is 0.575. The molecule has 0 aromatic heterocycles. The van der Waals surface area contributed by atoms with Crippen molar-refractivity contribution < 1.29 is 4.84 Å². The summed E-state index contributed by atoms with van der Waals surface area (Å²) in [4.78, 5) is 5.72. The second-order valence-electron chi connectivity index (χ2n) is 4.52. The Kier molecular flexibility index (Phi) is 4.22. The van der Waals surface area contributed by atoms with Gasteiger partial charge in [0.25, 0.3) is 0 Å². The van der Waals surface area contributed by atoms with Crippen molar-refractivity contribution in [1.29, 1.82) is 0 Å². The smallest absolute Gasteiger partial charge is 0.0790 e. The molecule has 82 valence electrons. The summed E-state index contributed by atoms with van der Waals surface area (Å²) < 4.78 is 0. The molecule has 0 radical (unpaired) electrons. The first-order valence-corrected chi connectivity index (χ1v) is 6.07. The maximum Gasteiger partial charge on any atom is 0.0790 e. The van der Waals surface area contributed by atoms with Gasteiger partial charge in [0.15, 0.2) is 0 Å². The van der Waals surface area contributed by atoms with Crippen LogP contribution in [0.4, 0.5) is 0 Å². The molecule has 1 aliphatic heterocycles. The molecule has 0 aromatic carbocycles. The van der Waals surface area contributed by atoms with E-state index in [1.165, 1.54) is 51.5 Å². The van der Waals surface area contributed by atoms with Crippen LogP contribution in [0, 0.1) is 0 Å². The maximum atomic E-state index is 5.72. The quantitative estimate of drug-likeness (QED) is 0.676. The molecule has 3 heteroatoms. The summed E-state index contributed by atoms with van der Waals surface area (Å²) in [6.07, 6.45) is 9.40. The average Bonchev–Trinajstić information content (AvgIpc) is 2.58. The monoisotopic (exact) mass is 198 g/mol. The summed E-state index contributed by atoms with van der Waals surface area (Å²) in [5.74, 6) is 0. The van der Waals surface area contributed by atoms with E-state index in [0.29, 0.717) is 12.1 Å². The van der Waals surface area contributed by atoms with Gasteiger partial charge in [-0.2, -0.15) is 5.48 Å². The highest BCUT2D eigenvalue weighted by atomic mass is 16.7. The van der Waals surface area contributed by atoms with E-state index >= 15 is 0 Å². The molecule has 1 heterocycles. The third-order valence-corrected chi connectivity index (χ3v) is 3.28. The minimum Gasteiger partial charge on any atom is -0.317 e. The van der Waals surface area contributed by atoms with Crippen molar-refractivity contribution in [3.8, 4) is 0 Å². The molecule has 1 atom stereocenters. The molecule has 2 rings (SSSR count). The van der Waals surface area contributed by atoms with Crippen molar-refractivity contribution in [2.45, 2.75) is 57.1 Å². The average molecular weight is 198 g/mol. The molecule has 0 amide bonds. The van der Waals surface area contributed by atoms with Crippen LogP contribution in [0.15, 0.2) is 0 Å². The number of nitrogens with one attached hydrogen (secondary N) is 2. The Morgan fingerprint density at radius 1 is 0.929 bits per heavy atom. The molecule has 1 aliphatic carbocycles. The van der Waals surface area contributed by atoms with E-state index in [-0.39, 0.29) is 0 Å². The maximum absolute atomic E-state index is 5.72. The summed E-state index contributed by atoms with van der Waals surface area (Å²) in [6.45, 7) is 2.30. The van der Waals surface area contributed by atoms with E-state index < -0.39 is 0 Å². The van der Waals surface area contributed by atoms with Gasteiger partial charge in [-0.3, -0.25) is 4.84 Å². The predicted octanol–water partition coefficient (Wildman–Crippen LogP) is 1.59. The SMILES string of the molecule is C1CNCCC(NOC2CCCC2)C1. The Hall–Kier alpha value is -0.120. The fourth-order valence-electron chi connectivity index (χ4n) is 2.34. The third kappa shape index (κ3) is 3.23. The summed E-state index contributed by atoms with van der Waals surface area (Å²) in [5.41, 5.74) is 3.26. The van der Waals surface area contributed by atoms with Gasteiger partial charge in [-0.25, -0.2) is 0 Å². The van der Waals surface area contributed by atoms with Crippen LogP contribution in [0.3, 0.4) is 0 Å². The number of hydroxylamine groups is 1. The van der Waals surface area contributed by atoms with Crippen LogP contribution >= 0.6 is 0 Å². The van der Waals surface area contributed by atoms with Crippen LogP contribution in [0.2, 0.25) is 0 Å². The summed E-state index contributed by atoms with van der Waals surface area (Å²) >= 11 is 0. The zero-order chi connectivity index (χ0) is 9.64. The molecular formula is C11H22N2O. The number of hydrogen-bond donors (Lipinski definition) is 2. The summed E-state index contributed by atoms with van der Waals surface area (Å²) in [5, 5.41) is 3.41. The standard InChI is InChI=1S/C11H22N2O/c1-2-6-11(5-1)14-13-10-4-3-8-12-9-7-10/h10-13H,1-9H2. The third-order valence-electron chi connectivity index (χ3n) is 3.28. The van der Waals surface area contributed by atoms with Crippen molar-refractivity contribution >= 4 is 0 Å². The van der Waals surface area contributed by atoms with Gasteiger partial charge in [-0.15, -0.1) is 0 Å². The molecule has 2 fully saturated rings. The van der Waals surface area contributed by atoms with Crippen LogP contribution in [-0.4, -0.2) is 25.2 Å². The Morgan fingerprint density at radius 2 is 1.79 bits per heavy atom. The van der Waals surface area contributed by atoms with E-state index in [0.717, 1.165) is 6.54 Å². The van der Waals surface area contributed by atoms with Crippen LogP contribution < -0.4 is 10.8 Å². The topological polar surface area (TPSA) is 33.3 Å². The largest absolute Gasteiger partial charge is 0.317 e. The highest BCUT2D eigenvalue weighted by Gasteiger charge is 2.18. The Labute approximate surface area is 86.5 Å². The van der Waals surface area contributed by atoms with Crippen molar-refractivity contribution in [2.24, 2.45) is 0 Å². The lowest BCUT2D eigenvalue weighted by Crippen LogP contribution is -2.33. The molecule has 0 aromatic rings. The molecule has 1 saturated carbocycles. The van der Waals surface area contributed by atoms with Crippen LogP contribution in [0.25, 0.3) is 0 Å². The fraction of sp³-hybridized carbons (Fsp3) is 1.00. The van der Waals surface area contributed by atoms with Gasteiger partial charge in [0.05, 0.1) is 6.10 Å². The number of hydrogen-bond acceptors (Lipinski definition) is 3. The first-order valence-electron chi connectivity index (χ1n) is 6.07. The van der Waals surface area contributed by atoms with E-state index in [2.05, 4.69) is 10.8 Å². The lowest BCUT2D eigenvalue weighted by Gasteiger charge is -2.18. The Balaban J connectivity index is 1.62. The minimum atomic E-state index is 0.492. The van der Waals surface area contributed by atoms with Crippen molar-refractivity contribution in [3.05, 3.63) is 0 Å². The highest BCUT2D eigenvalue weighted by molar-refractivity contribution is 4.71. The molecule has 1 unspecified atom stereocenters. The van der Waals surface area contributed by atoms with Crippen LogP contribution in [-0.2, 0) is 4.84 Å². The van der Waals surface area contributed by atoms with E-state index in [1.54, 1.807) is 0 Å². The fourth-order valence-corrected chi connectivity index (χ4v) is 2.34. The minimum absolute atomic E-state index is 0.492. The van der Waals surface area contributed by atoms with Gasteiger partial charge in [0, 0.05) is 6.04 Å². The lowest BCUT2D eigenvalue weighted by atomic mass is 10.1. The van der Waals surface area contributed by atoms with Crippen molar-refractivity contribution in [2.75, 3.05) is 13.1 Å². The highest BCUT2D eigenvalue weighted by Crippen LogP contribution is 2.20. The van der Waals surface area contributed by atoms with Crippen LogP contribution in [0.5, 0.6) is 0 Å². The first kappa shape index (κ1) is 10.4. The predicted molar refractivity (Wildman–Crippen MR) is 57.0 cm³/mol. The molecule has 3 nitrogen and oxygen atoms in total. The molecule has 0 spiro atoms. The van der Waals surface area contributed by atoms with Gasteiger partial charge in [0.2, 0.25) is 0 Å². The molecule has 2 aliphatic rings. The van der Waals surface area contributed by atoms with Gasteiger partial charge < -0.3 is 5.32 Å². The summed E-state index contributed by atoms with van der Waals surface area (Å²) in [7, 11) is 0. The molecule has 1 saturated heterocycles. The molecule has 0 bridgehead atoms. The van der Waals surface area contributed by atoms with Gasteiger partial charge in [0.1, 0.15) is 0 Å². The van der Waals surface area contributed by atoms with Crippen LogP contribution in [0.1, 0.15) is 44.9 Å². The number of rotatable bonds is 3. The van der Waals surface area contributed by atoms with Gasteiger partial charge in [-0.1, -0.05) is 12.8 Å². The molecule has 2 N–H and O–H groups in total.